The van der Waals surface area contributed by atoms with Crippen molar-refractivity contribution in [1.29, 1.82) is 0 Å². The third kappa shape index (κ3) is 3.16. The van der Waals surface area contributed by atoms with Gasteiger partial charge < -0.3 is 11.1 Å². The van der Waals surface area contributed by atoms with E-state index >= 15 is 0 Å². The second kappa shape index (κ2) is 4.01. The minimum atomic E-state index is 0.0552. The third-order valence-corrected chi connectivity index (χ3v) is 1.75. The summed E-state index contributed by atoms with van der Waals surface area (Å²) in [7, 11) is 0. The molecule has 4 nitrogen and oxygen atoms in total. The highest BCUT2D eigenvalue weighted by Gasteiger charge is 2.16. The van der Waals surface area contributed by atoms with Crippen LogP contribution in [0.15, 0.2) is 0 Å². The lowest BCUT2D eigenvalue weighted by Gasteiger charge is -2.31. The SMILES string of the molecule is CC1CNCC(N[C@@H](C)N)N1. The van der Waals surface area contributed by atoms with Gasteiger partial charge in [0.25, 0.3) is 0 Å². The van der Waals surface area contributed by atoms with E-state index in [4.69, 9.17) is 5.73 Å². The van der Waals surface area contributed by atoms with E-state index in [0.717, 1.165) is 13.1 Å². The maximum absolute atomic E-state index is 5.59. The van der Waals surface area contributed by atoms with Crippen molar-refractivity contribution in [2.24, 2.45) is 5.73 Å². The molecule has 0 bridgehead atoms. The molecule has 0 radical (unpaired) electrons. The Morgan fingerprint density at radius 3 is 2.82 bits per heavy atom. The Kier molecular flexibility index (Phi) is 3.26. The van der Waals surface area contributed by atoms with Crippen LogP contribution in [0.1, 0.15) is 13.8 Å². The molecule has 11 heavy (non-hydrogen) atoms. The highest BCUT2D eigenvalue weighted by Crippen LogP contribution is 1.90. The van der Waals surface area contributed by atoms with Crippen LogP contribution in [0.25, 0.3) is 0 Å². The molecule has 66 valence electrons. The van der Waals surface area contributed by atoms with E-state index in [1.54, 1.807) is 0 Å². The highest BCUT2D eigenvalue weighted by atomic mass is 15.2. The summed E-state index contributed by atoms with van der Waals surface area (Å²) in [5.74, 6) is 0. The Labute approximate surface area is 67.9 Å². The second-order valence-corrected chi connectivity index (χ2v) is 3.23. The first-order valence-electron chi connectivity index (χ1n) is 4.17. The smallest absolute Gasteiger partial charge is 0.0714 e. The van der Waals surface area contributed by atoms with Gasteiger partial charge in [0.1, 0.15) is 0 Å². The van der Waals surface area contributed by atoms with Crippen LogP contribution in [-0.4, -0.2) is 31.5 Å². The number of hydrogen-bond acceptors (Lipinski definition) is 4. The molecule has 0 aromatic carbocycles. The van der Waals surface area contributed by atoms with E-state index in [0.29, 0.717) is 12.2 Å². The Morgan fingerprint density at radius 2 is 2.27 bits per heavy atom. The minimum absolute atomic E-state index is 0.0552. The number of rotatable bonds is 2. The molecular weight excluding hydrogens is 140 g/mol. The lowest BCUT2D eigenvalue weighted by molar-refractivity contribution is 0.291. The van der Waals surface area contributed by atoms with Crippen molar-refractivity contribution in [3.63, 3.8) is 0 Å². The first kappa shape index (κ1) is 8.93. The van der Waals surface area contributed by atoms with Crippen LogP contribution < -0.4 is 21.7 Å². The summed E-state index contributed by atoms with van der Waals surface area (Å²) in [4.78, 5) is 0. The molecule has 1 aliphatic heterocycles. The molecule has 4 heteroatoms. The summed E-state index contributed by atoms with van der Waals surface area (Å²) >= 11 is 0. The van der Waals surface area contributed by atoms with Crippen LogP contribution in [0, 0.1) is 0 Å². The fourth-order valence-electron chi connectivity index (χ4n) is 1.33. The maximum Gasteiger partial charge on any atom is 0.0714 e. The molecule has 2 unspecified atom stereocenters. The summed E-state index contributed by atoms with van der Waals surface area (Å²) in [5.41, 5.74) is 5.59. The quantitative estimate of drug-likeness (QED) is 0.381. The first-order chi connectivity index (χ1) is 5.18. The minimum Gasteiger partial charge on any atom is -0.316 e. The zero-order chi connectivity index (χ0) is 8.27. The number of nitrogens with two attached hydrogens (primary N) is 1. The summed E-state index contributed by atoms with van der Waals surface area (Å²) in [6, 6.07) is 0.528. The Morgan fingerprint density at radius 1 is 1.55 bits per heavy atom. The number of hydrogen-bond donors (Lipinski definition) is 4. The first-order valence-corrected chi connectivity index (χ1v) is 4.17. The molecule has 0 saturated carbocycles. The van der Waals surface area contributed by atoms with Gasteiger partial charge in [-0.2, -0.15) is 0 Å². The van der Waals surface area contributed by atoms with Gasteiger partial charge in [0, 0.05) is 19.1 Å². The molecule has 1 heterocycles. The predicted molar refractivity (Wildman–Crippen MR) is 46.0 cm³/mol. The number of piperazine rings is 1. The van der Waals surface area contributed by atoms with Crippen LogP contribution in [0.5, 0.6) is 0 Å². The molecule has 0 amide bonds. The van der Waals surface area contributed by atoms with E-state index < -0.39 is 0 Å². The predicted octanol–water partition coefficient (Wildman–Crippen LogP) is -1.21. The van der Waals surface area contributed by atoms with Crippen molar-refractivity contribution in [3.05, 3.63) is 0 Å². The lowest BCUT2D eigenvalue weighted by Crippen LogP contribution is -2.62. The Balaban J connectivity index is 2.23. The molecule has 5 N–H and O–H groups in total. The Bertz CT molecular complexity index is 113. The summed E-state index contributed by atoms with van der Waals surface area (Å²) in [6.45, 7) is 6.09. The fourth-order valence-corrected chi connectivity index (χ4v) is 1.33. The highest BCUT2D eigenvalue weighted by molar-refractivity contribution is 4.79. The van der Waals surface area contributed by atoms with Crippen molar-refractivity contribution in [1.82, 2.24) is 16.0 Å². The van der Waals surface area contributed by atoms with E-state index in [9.17, 15) is 0 Å². The molecule has 0 aromatic rings. The van der Waals surface area contributed by atoms with Crippen molar-refractivity contribution < 1.29 is 0 Å². The standard InChI is InChI=1S/C7H18N4/c1-5-3-9-4-7(10-5)11-6(2)8/h5-7,9-11H,3-4,8H2,1-2H3/t5?,6-,7?/m0/s1. The molecule has 1 fully saturated rings. The van der Waals surface area contributed by atoms with Crippen LogP contribution in [0.4, 0.5) is 0 Å². The monoisotopic (exact) mass is 158 g/mol. The topological polar surface area (TPSA) is 62.1 Å². The zero-order valence-electron chi connectivity index (χ0n) is 7.22. The van der Waals surface area contributed by atoms with E-state index in [1.807, 2.05) is 6.92 Å². The van der Waals surface area contributed by atoms with Crippen LogP contribution in [0.2, 0.25) is 0 Å². The van der Waals surface area contributed by atoms with E-state index in [-0.39, 0.29) is 6.17 Å². The van der Waals surface area contributed by atoms with Gasteiger partial charge in [-0.05, 0) is 13.8 Å². The molecule has 1 aliphatic rings. The van der Waals surface area contributed by atoms with Crippen LogP contribution in [-0.2, 0) is 0 Å². The van der Waals surface area contributed by atoms with Crippen LogP contribution >= 0.6 is 0 Å². The van der Waals surface area contributed by atoms with Crippen molar-refractivity contribution >= 4 is 0 Å². The van der Waals surface area contributed by atoms with Gasteiger partial charge >= 0.3 is 0 Å². The average Bonchev–Trinajstić information content (AvgIpc) is 1.85. The number of nitrogens with one attached hydrogen (secondary N) is 3. The zero-order valence-corrected chi connectivity index (χ0v) is 7.22. The molecule has 0 aliphatic carbocycles. The van der Waals surface area contributed by atoms with Gasteiger partial charge in [-0.25, -0.2) is 0 Å². The van der Waals surface area contributed by atoms with Gasteiger partial charge in [-0.1, -0.05) is 0 Å². The largest absolute Gasteiger partial charge is 0.316 e. The molecule has 1 rings (SSSR count). The normalized spacial score (nSPS) is 35.2. The van der Waals surface area contributed by atoms with Gasteiger partial charge in [0.15, 0.2) is 0 Å². The average molecular weight is 158 g/mol. The lowest BCUT2D eigenvalue weighted by atomic mass is 10.2. The summed E-state index contributed by atoms with van der Waals surface area (Å²) in [5, 5.41) is 9.92. The van der Waals surface area contributed by atoms with Gasteiger partial charge in [-0.3, -0.25) is 10.6 Å². The van der Waals surface area contributed by atoms with Crippen molar-refractivity contribution in [3.8, 4) is 0 Å². The molecular formula is C7H18N4. The molecule has 0 spiro atoms. The third-order valence-electron chi connectivity index (χ3n) is 1.75. The van der Waals surface area contributed by atoms with Gasteiger partial charge in [0.2, 0.25) is 0 Å². The summed E-state index contributed by atoms with van der Waals surface area (Å²) < 4.78 is 0. The van der Waals surface area contributed by atoms with Crippen molar-refractivity contribution in [2.45, 2.75) is 32.2 Å². The van der Waals surface area contributed by atoms with E-state index in [2.05, 4.69) is 22.9 Å². The second-order valence-electron chi connectivity index (χ2n) is 3.23. The van der Waals surface area contributed by atoms with Crippen LogP contribution in [0.3, 0.4) is 0 Å². The molecule has 1 saturated heterocycles. The molecule has 3 atom stereocenters. The maximum atomic E-state index is 5.59. The van der Waals surface area contributed by atoms with E-state index in [1.165, 1.54) is 0 Å². The summed E-state index contributed by atoms with van der Waals surface area (Å²) in [6.07, 6.45) is 0.373. The molecule has 0 aromatic heterocycles. The van der Waals surface area contributed by atoms with Gasteiger partial charge in [0.05, 0.1) is 12.3 Å². The fraction of sp³-hybridized carbons (Fsp3) is 1.00. The van der Waals surface area contributed by atoms with Gasteiger partial charge in [-0.15, -0.1) is 0 Å². The van der Waals surface area contributed by atoms with Crippen molar-refractivity contribution in [2.75, 3.05) is 13.1 Å². The Hall–Kier alpha value is -0.160.